The van der Waals surface area contributed by atoms with Gasteiger partial charge in [-0.05, 0) is 6.07 Å². The van der Waals surface area contributed by atoms with Gasteiger partial charge in [0.1, 0.15) is 0 Å². The van der Waals surface area contributed by atoms with Crippen molar-refractivity contribution in [2.75, 3.05) is 11.9 Å². The van der Waals surface area contributed by atoms with Crippen LogP contribution in [0.4, 0.5) is 14.5 Å². The molecule has 4 heteroatoms. The molecule has 1 aromatic carbocycles. The summed E-state index contributed by atoms with van der Waals surface area (Å²) in [6.45, 7) is 0.123. The van der Waals surface area contributed by atoms with Crippen LogP contribution < -0.4 is 5.32 Å². The molecule has 0 spiro atoms. The Labute approximate surface area is 67.2 Å². The highest BCUT2D eigenvalue weighted by atomic mass is 19.2. The van der Waals surface area contributed by atoms with Crippen molar-refractivity contribution in [1.29, 1.82) is 0 Å². The van der Waals surface area contributed by atoms with Gasteiger partial charge in [0.25, 0.3) is 0 Å². The Balaban J connectivity index is 2.63. The van der Waals surface area contributed by atoms with E-state index in [2.05, 4.69) is 5.32 Å². The first-order valence-corrected chi connectivity index (χ1v) is 3.44. The Kier molecular flexibility index (Phi) is 1.36. The zero-order chi connectivity index (χ0) is 8.72. The molecule has 0 atom stereocenters. The molecular weight excluding hydrogens is 164 g/mol. The van der Waals surface area contributed by atoms with Crippen LogP contribution in [0.15, 0.2) is 12.1 Å². The summed E-state index contributed by atoms with van der Waals surface area (Å²) < 4.78 is 25.2. The number of hydrogen-bond donors (Lipinski definition) is 1. The van der Waals surface area contributed by atoms with Crippen LogP contribution in [0, 0.1) is 11.6 Å². The van der Waals surface area contributed by atoms with Crippen molar-refractivity contribution in [2.24, 2.45) is 0 Å². The Morgan fingerprint density at radius 1 is 1.25 bits per heavy atom. The summed E-state index contributed by atoms with van der Waals surface area (Å²) in [5, 5.41) is 2.66. The molecule has 2 nitrogen and oxygen atoms in total. The topological polar surface area (TPSA) is 29.1 Å². The fraction of sp³-hybridized carbons (Fsp3) is 0.125. The molecule has 12 heavy (non-hydrogen) atoms. The first-order valence-electron chi connectivity index (χ1n) is 3.44. The highest BCUT2D eigenvalue weighted by Crippen LogP contribution is 2.24. The summed E-state index contributed by atoms with van der Waals surface area (Å²) in [5.41, 5.74) is 0.604. The molecular formula is C8H5F2NO. The van der Waals surface area contributed by atoms with E-state index < -0.39 is 11.6 Å². The van der Waals surface area contributed by atoms with Crippen LogP contribution in [0.25, 0.3) is 0 Å². The molecule has 1 heterocycles. The van der Waals surface area contributed by atoms with Gasteiger partial charge in [0.2, 0.25) is 0 Å². The van der Waals surface area contributed by atoms with E-state index in [-0.39, 0.29) is 17.9 Å². The third kappa shape index (κ3) is 0.879. The largest absolute Gasteiger partial charge is 0.377 e. The molecule has 0 amide bonds. The highest BCUT2D eigenvalue weighted by molar-refractivity contribution is 6.07. The van der Waals surface area contributed by atoms with Gasteiger partial charge < -0.3 is 5.32 Å². The van der Waals surface area contributed by atoms with Gasteiger partial charge in [-0.3, -0.25) is 4.79 Å². The molecule has 0 saturated heterocycles. The zero-order valence-electron chi connectivity index (χ0n) is 6.03. The number of anilines is 1. The third-order valence-electron chi connectivity index (χ3n) is 1.80. The second kappa shape index (κ2) is 2.27. The van der Waals surface area contributed by atoms with E-state index in [9.17, 15) is 13.6 Å². The van der Waals surface area contributed by atoms with Gasteiger partial charge in [-0.2, -0.15) is 0 Å². The predicted octanol–water partition coefficient (Wildman–Crippen LogP) is 1.57. The first-order chi connectivity index (χ1) is 5.68. The maximum absolute atomic E-state index is 12.6. The molecule has 1 aliphatic heterocycles. The van der Waals surface area contributed by atoms with Crippen LogP contribution in [-0.4, -0.2) is 12.3 Å². The lowest BCUT2D eigenvalue weighted by Gasteiger charge is -1.97. The van der Waals surface area contributed by atoms with E-state index in [1.807, 2.05) is 0 Å². The van der Waals surface area contributed by atoms with Crippen LogP contribution >= 0.6 is 0 Å². The SMILES string of the molecule is O=C1CNc2cc(F)c(F)cc21. The second-order valence-electron chi connectivity index (χ2n) is 2.59. The average Bonchev–Trinajstić information content (AvgIpc) is 2.35. The monoisotopic (exact) mass is 169 g/mol. The van der Waals surface area contributed by atoms with Crippen LogP contribution in [-0.2, 0) is 0 Å². The van der Waals surface area contributed by atoms with Crippen molar-refractivity contribution >= 4 is 11.5 Å². The molecule has 0 unspecified atom stereocenters. The van der Waals surface area contributed by atoms with E-state index in [1.54, 1.807) is 0 Å². The smallest absolute Gasteiger partial charge is 0.184 e. The van der Waals surface area contributed by atoms with E-state index in [1.165, 1.54) is 0 Å². The Bertz CT molecular complexity index is 362. The minimum Gasteiger partial charge on any atom is -0.377 e. The summed E-state index contributed by atoms with van der Waals surface area (Å²) in [6, 6.07) is 1.92. The quantitative estimate of drug-likeness (QED) is 0.638. The Morgan fingerprint density at radius 3 is 2.67 bits per heavy atom. The van der Waals surface area contributed by atoms with Gasteiger partial charge >= 0.3 is 0 Å². The molecule has 62 valence electrons. The van der Waals surface area contributed by atoms with Gasteiger partial charge in [0.05, 0.1) is 6.54 Å². The maximum atomic E-state index is 12.6. The summed E-state index contributed by atoms with van der Waals surface area (Å²) in [7, 11) is 0. The fourth-order valence-electron chi connectivity index (χ4n) is 1.19. The first kappa shape index (κ1) is 7.21. The Morgan fingerprint density at radius 2 is 1.92 bits per heavy atom. The maximum Gasteiger partial charge on any atom is 0.184 e. The van der Waals surface area contributed by atoms with Gasteiger partial charge in [0.15, 0.2) is 17.4 Å². The van der Waals surface area contributed by atoms with Crippen LogP contribution in [0.2, 0.25) is 0 Å². The van der Waals surface area contributed by atoms with E-state index in [4.69, 9.17) is 0 Å². The van der Waals surface area contributed by atoms with Gasteiger partial charge in [-0.1, -0.05) is 0 Å². The number of nitrogens with one attached hydrogen (secondary N) is 1. The molecule has 0 radical (unpaired) electrons. The van der Waals surface area contributed by atoms with Crippen LogP contribution in [0.1, 0.15) is 10.4 Å². The summed E-state index contributed by atoms with van der Waals surface area (Å²) >= 11 is 0. The molecule has 0 aliphatic carbocycles. The van der Waals surface area contributed by atoms with E-state index >= 15 is 0 Å². The van der Waals surface area contributed by atoms with Crippen molar-refractivity contribution in [3.8, 4) is 0 Å². The van der Waals surface area contributed by atoms with E-state index in [0.29, 0.717) is 5.69 Å². The van der Waals surface area contributed by atoms with Crippen LogP contribution in [0.5, 0.6) is 0 Å². The number of benzene rings is 1. The number of hydrogen-bond acceptors (Lipinski definition) is 2. The number of carbonyl (C=O) groups is 1. The summed E-state index contributed by atoms with van der Waals surface area (Å²) in [6.07, 6.45) is 0. The van der Waals surface area contributed by atoms with Crippen molar-refractivity contribution in [3.63, 3.8) is 0 Å². The molecule has 1 N–H and O–H groups in total. The minimum absolute atomic E-state index is 0.123. The third-order valence-corrected chi connectivity index (χ3v) is 1.80. The predicted molar refractivity (Wildman–Crippen MR) is 39.2 cm³/mol. The lowest BCUT2D eigenvalue weighted by atomic mass is 10.1. The Hall–Kier alpha value is -1.45. The highest BCUT2D eigenvalue weighted by Gasteiger charge is 2.21. The number of halogens is 2. The van der Waals surface area contributed by atoms with Crippen molar-refractivity contribution in [3.05, 3.63) is 29.3 Å². The van der Waals surface area contributed by atoms with Crippen molar-refractivity contribution < 1.29 is 13.6 Å². The fourth-order valence-corrected chi connectivity index (χ4v) is 1.19. The summed E-state index contributed by atoms with van der Waals surface area (Å²) in [4.78, 5) is 11.0. The van der Waals surface area contributed by atoms with Crippen LogP contribution in [0.3, 0.4) is 0 Å². The van der Waals surface area contributed by atoms with Crippen molar-refractivity contribution in [2.45, 2.75) is 0 Å². The van der Waals surface area contributed by atoms with Gasteiger partial charge in [-0.25, -0.2) is 8.78 Å². The molecule has 0 saturated carbocycles. The number of carbonyl (C=O) groups excluding carboxylic acids is 1. The van der Waals surface area contributed by atoms with Gasteiger partial charge in [-0.15, -0.1) is 0 Å². The number of rotatable bonds is 0. The number of Topliss-reactive ketones (excluding diaryl/α,β-unsaturated/α-hetero) is 1. The number of fused-ring (bicyclic) bond motifs is 1. The van der Waals surface area contributed by atoms with Crippen molar-refractivity contribution in [1.82, 2.24) is 0 Å². The normalized spacial score (nSPS) is 14.3. The molecule has 0 bridgehead atoms. The standard InChI is InChI=1S/C8H5F2NO/c9-5-1-4-7(2-6(5)10)11-3-8(4)12/h1-2,11H,3H2. The second-order valence-corrected chi connectivity index (χ2v) is 2.59. The van der Waals surface area contributed by atoms with Gasteiger partial charge in [0, 0.05) is 17.3 Å². The lowest BCUT2D eigenvalue weighted by molar-refractivity contribution is 0.101. The molecule has 1 aliphatic rings. The summed E-state index contributed by atoms with van der Waals surface area (Å²) in [5.74, 6) is -2.12. The molecule has 0 fully saturated rings. The van der Waals surface area contributed by atoms with E-state index in [0.717, 1.165) is 12.1 Å². The molecule has 0 aromatic heterocycles. The average molecular weight is 169 g/mol. The molecule has 2 rings (SSSR count). The zero-order valence-corrected chi connectivity index (χ0v) is 6.03. The number of ketones is 1. The molecule has 1 aromatic rings. The lowest BCUT2D eigenvalue weighted by Crippen LogP contribution is -2.00. The minimum atomic E-state index is -0.981.